The van der Waals surface area contributed by atoms with Crippen molar-refractivity contribution in [3.8, 4) is 0 Å². The molecule has 106 valence electrons. The number of aryl methyl sites for hydroxylation is 2. The fraction of sp³-hybridized carbons (Fsp3) is 0.625. The Hall–Kier alpha value is -0.900. The minimum atomic E-state index is 0.302. The van der Waals surface area contributed by atoms with Crippen LogP contribution in [0.2, 0.25) is 0 Å². The summed E-state index contributed by atoms with van der Waals surface area (Å²) in [6.07, 6.45) is 6.82. The average molecular weight is 262 g/mol. The Bertz CT molecular complexity index is 392. The standard InChI is InChI=1S/C16H26N2O/c1-2-9-19-10-8-16(18-17)12-13-6-7-14-4-3-5-15(14)11-13/h6-7,11,16,18H,2-5,8-10,12,17H2,1H3. The summed E-state index contributed by atoms with van der Waals surface area (Å²) < 4.78 is 5.53. The number of nitrogens with one attached hydrogen (secondary N) is 1. The minimum absolute atomic E-state index is 0.302. The number of nitrogens with two attached hydrogens (primary N) is 1. The Morgan fingerprint density at radius 3 is 2.89 bits per heavy atom. The van der Waals surface area contributed by atoms with E-state index in [2.05, 4.69) is 30.5 Å². The summed E-state index contributed by atoms with van der Waals surface area (Å²) in [5.74, 6) is 5.64. The Morgan fingerprint density at radius 1 is 1.26 bits per heavy atom. The highest BCUT2D eigenvalue weighted by Crippen LogP contribution is 2.23. The zero-order valence-corrected chi connectivity index (χ0v) is 12.0. The van der Waals surface area contributed by atoms with Crippen LogP contribution < -0.4 is 11.3 Å². The predicted octanol–water partition coefficient (Wildman–Crippen LogP) is 2.37. The second kappa shape index (κ2) is 7.63. The third-order valence-corrected chi connectivity index (χ3v) is 3.84. The van der Waals surface area contributed by atoms with Crippen LogP contribution in [-0.2, 0) is 24.0 Å². The lowest BCUT2D eigenvalue weighted by molar-refractivity contribution is 0.124. The van der Waals surface area contributed by atoms with Gasteiger partial charge in [0.05, 0.1) is 0 Å². The van der Waals surface area contributed by atoms with Gasteiger partial charge in [0.25, 0.3) is 0 Å². The first-order valence-corrected chi connectivity index (χ1v) is 7.48. The van der Waals surface area contributed by atoms with E-state index in [9.17, 15) is 0 Å². The van der Waals surface area contributed by atoms with Gasteiger partial charge < -0.3 is 4.74 Å². The van der Waals surface area contributed by atoms with Crippen molar-refractivity contribution < 1.29 is 4.74 Å². The van der Waals surface area contributed by atoms with Gasteiger partial charge in [-0.3, -0.25) is 11.3 Å². The first-order valence-electron chi connectivity index (χ1n) is 7.48. The molecule has 0 aromatic heterocycles. The fourth-order valence-corrected chi connectivity index (χ4v) is 2.75. The normalized spacial score (nSPS) is 15.5. The van der Waals surface area contributed by atoms with Gasteiger partial charge in [0.15, 0.2) is 0 Å². The molecular weight excluding hydrogens is 236 g/mol. The molecule has 0 radical (unpaired) electrons. The first-order chi connectivity index (χ1) is 9.33. The van der Waals surface area contributed by atoms with E-state index in [0.717, 1.165) is 32.5 Å². The van der Waals surface area contributed by atoms with Crippen LogP contribution >= 0.6 is 0 Å². The number of hydrogen-bond acceptors (Lipinski definition) is 3. The summed E-state index contributed by atoms with van der Waals surface area (Å²) in [6.45, 7) is 3.76. The van der Waals surface area contributed by atoms with Gasteiger partial charge in [0, 0.05) is 19.3 Å². The third kappa shape index (κ3) is 4.30. The molecule has 3 N–H and O–H groups in total. The Morgan fingerprint density at radius 2 is 2.11 bits per heavy atom. The van der Waals surface area contributed by atoms with Crippen LogP contribution in [0, 0.1) is 0 Å². The highest BCUT2D eigenvalue weighted by Gasteiger charge is 2.13. The van der Waals surface area contributed by atoms with E-state index in [1.807, 2.05) is 0 Å². The molecule has 19 heavy (non-hydrogen) atoms. The summed E-state index contributed by atoms with van der Waals surface area (Å²) in [6, 6.07) is 7.20. The lowest BCUT2D eigenvalue weighted by atomic mass is 10.00. The molecule has 0 aliphatic heterocycles. The molecular formula is C16H26N2O. The molecule has 0 amide bonds. The number of hydrazine groups is 1. The molecule has 1 unspecified atom stereocenters. The lowest BCUT2D eigenvalue weighted by Crippen LogP contribution is -2.37. The molecule has 2 rings (SSSR count). The van der Waals surface area contributed by atoms with Crippen LogP contribution in [0.25, 0.3) is 0 Å². The van der Waals surface area contributed by atoms with Crippen molar-refractivity contribution in [1.29, 1.82) is 0 Å². The number of hydrogen-bond donors (Lipinski definition) is 2. The molecule has 1 aliphatic rings. The van der Waals surface area contributed by atoms with Gasteiger partial charge in [0.2, 0.25) is 0 Å². The highest BCUT2D eigenvalue weighted by atomic mass is 16.5. The van der Waals surface area contributed by atoms with Crippen LogP contribution in [0.1, 0.15) is 42.9 Å². The lowest BCUT2D eigenvalue weighted by Gasteiger charge is -2.16. The van der Waals surface area contributed by atoms with Gasteiger partial charge in [0.1, 0.15) is 0 Å². The second-order valence-electron chi connectivity index (χ2n) is 5.43. The molecule has 0 bridgehead atoms. The molecule has 1 aromatic carbocycles. The van der Waals surface area contributed by atoms with E-state index < -0.39 is 0 Å². The maximum atomic E-state index is 5.64. The molecule has 3 heteroatoms. The number of benzene rings is 1. The summed E-state index contributed by atoms with van der Waals surface area (Å²) in [5, 5.41) is 0. The molecule has 1 aliphatic carbocycles. The number of ether oxygens (including phenoxy) is 1. The predicted molar refractivity (Wildman–Crippen MR) is 79.0 cm³/mol. The van der Waals surface area contributed by atoms with Crippen molar-refractivity contribution in [2.45, 2.75) is 51.5 Å². The van der Waals surface area contributed by atoms with E-state index in [1.54, 1.807) is 0 Å². The van der Waals surface area contributed by atoms with Crippen LogP contribution in [0.15, 0.2) is 18.2 Å². The van der Waals surface area contributed by atoms with E-state index in [-0.39, 0.29) is 0 Å². The van der Waals surface area contributed by atoms with Crippen molar-refractivity contribution in [3.05, 3.63) is 34.9 Å². The Kier molecular flexibility index (Phi) is 5.83. The number of rotatable bonds is 8. The van der Waals surface area contributed by atoms with Gasteiger partial charge in [-0.1, -0.05) is 25.1 Å². The van der Waals surface area contributed by atoms with E-state index in [1.165, 1.54) is 36.0 Å². The molecule has 0 fully saturated rings. The van der Waals surface area contributed by atoms with Crippen LogP contribution in [0.4, 0.5) is 0 Å². The second-order valence-corrected chi connectivity index (χ2v) is 5.43. The van der Waals surface area contributed by atoms with Gasteiger partial charge in [-0.15, -0.1) is 0 Å². The molecule has 1 atom stereocenters. The smallest absolute Gasteiger partial charge is 0.0481 e. The van der Waals surface area contributed by atoms with Gasteiger partial charge in [-0.25, -0.2) is 0 Å². The minimum Gasteiger partial charge on any atom is -0.381 e. The molecule has 3 nitrogen and oxygen atoms in total. The topological polar surface area (TPSA) is 47.3 Å². The SMILES string of the molecule is CCCOCCC(Cc1ccc2c(c1)CCC2)NN. The van der Waals surface area contributed by atoms with Crippen LogP contribution in [-0.4, -0.2) is 19.3 Å². The van der Waals surface area contributed by atoms with Gasteiger partial charge >= 0.3 is 0 Å². The average Bonchev–Trinajstić information content (AvgIpc) is 2.89. The zero-order valence-electron chi connectivity index (χ0n) is 12.0. The molecule has 0 spiro atoms. The van der Waals surface area contributed by atoms with Crippen molar-refractivity contribution in [3.63, 3.8) is 0 Å². The molecule has 0 saturated heterocycles. The van der Waals surface area contributed by atoms with Crippen molar-refractivity contribution in [2.75, 3.05) is 13.2 Å². The van der Waals surface area contributed by atoms with Crippen molar-refractivity contribution in [2.24, 2.45) is 5.84 Å². The Labute approximate surface area is 116 Å². The summed E-state index contributed by atoms with van der Waals surface area (Å²) >= 11 is 0. The summed E-state index contributed by atoms with van der Waals surface area (Å²) in [5.41, 5.74) is 7.38. The van der Waals surface area contributed by atoms with Crippen molar-refractivity contribution in [1.82, 2.24) is 5.43 Å². The molecule has 1 aromatic rings. The maximum absolute atomic E-state index is 5.64. The van der Waals surface area contributed by atoms with Crippen LogP contribution in [0.5, 0.6) is 0 Å². The van der Waals surface area contributed by atoms with E-state index in [0.29, 0.717) is 6.04 Å². The zero-order chi connectivity index (χ0) is 13.5. The quantitative estimate of drug-likeness (QED) is 0.429. The van der Waals surface area contributed by atoms with Gasteiger partial charge in [-0.2, -0.15) is 0 Å². The van der Waals surface area contributed by atoms with E-state index in [4.69, 9.17) is 10.6 Å². The first kappa shape index (κ1) is 14.5. The largest absolute Gasteiger partial charge is 0.381 e. The molecule has 0 saturated carbocycles. The molecule has 0 heterocycles. The van der Waals surface area contributed by atoms with E-state index >= 15 is 0 Å². The monoisotopic (exact) mass is 262 g/mol. The Balaban J connectivity index is 1.84. The third-order valence-electron chi connectivity index (χ3n) is 3.84. The summed E-state index contributed by atoms with van der Waals surface area (Å²) in [7, 11) is 0. The van der Waals surface area contributed by atoms with Crippen molar-refractivity contribution >= 4 is 0 Å². The summed E-state index contributed by atoms with van der Waals surface area (Å²) in [4.78, 5) is 0. The highest BCUT2D eigenvalue weighted by molar-refractivity contribution is 5.35. The maximum Gasteiger partial charge on any atom is 0.0481 e. The number of fused-ring (bicyclic) bond motifs is 1. The van der Waals surface area contributed by atoms with Gasteiger partial charge in [-0.05, 0) is 55.2 Å². The fourth-order valence-electron chi connectivity index (χ4n) is 2.75. The van der Waals surface area contributed by atoms with Crippen LogP contribution in [0.3, 0.4) is 0 Å².